The van der Waals surface area contributed by atoms with Crippen molar-refractivity contribution >= 4 is 5.97 Å². The van der Waals surface area contributed by atoms with Crippen LogP contribution >= 0.6 is 0 Å². The zero-order chi connectivity index (χ0) is 12.8. The smallest absolute Gasteiger partial charge is 0.307 e. The third kappa shape index (κ3) is 4.44. The van der Waals surface area contributed by atoms with E-state index in [0.29, 0.717) is 0 Å². The van der Waals surface area contributed by atoms with Crippen molar-refractivity contribution in [3.63, 3.8) is 0 Å². The molecule has 0 aliphatic heterocycles. The van der Waals surface area contributed by atoms with Gasteiger partial charge in [0.2, 0.25) is 0 Å². The van der Waals surface area contributed by atoms with Gasteiger partial charge in [-0.1, -0.05) is 12.1 Å². The summed E-state index contributed by atoms with van der Waals surface area (Å²) in [5.74, 6) is 0.494. The summed E-state index contributed by atoms with van der Waals surface area (Å²) in [6.07, 6.45) is 0.0791. The van der Waals surface area contributed by atoms with Crippen molar-refractivity contribution in [1.29, 1.82) is 0 Å². The van der Waals surface area contributed by atoms with Gasteiger partial charge in [-0.05, 0) is 31.5 Å². The fraction of sp³-hybridized carbons (Fsp3) is 0.462. The van der Waals surface area contributed by atoms with E-state index in [-0.39, 0.29) is 24.5 Å². The van der Waals surface area contributed by atoms with Crippen LogP contribution in [0.3, 0.4) is 0 Å². The maximum Gasteiger partial charge on any atom is 0.307 e. The number of esters is 1. The third-order valence-corrected chi connectivity index (χ3v) is 2.30. The molecule has 0 heterocycles. The van der Waals surface area contributed by atoms with Crippen LogP contribution in [-0.4, -0.2) is 19.2 Å². The highest BCUT2D eigenvalue weighted by molar-refractivity contribution is 5.70. The monoisotopic (exact) mass is 237 g/mol. The molecular weight excluding hydrogens is 218 g/mol. The quantitative estimate of drug-likeness (QED) is 0.796. The van der Waals surface area contributed by atoms with E-state index < -0.39 is 0 Å². The first-order chi connectivity index (χ1) is 8.02. The van der Waals surface area contributed by atoms with E-state index in [1.807, 2.05) is 38.1 Å². The Labute approximate surface area is 102 Å². The average molecular weight is 237 g/mol. The Morgan fingerprint density at radius 2 is 1.88 bits per heavy atom. The van der Waals surface area contributed by atoms with Gasteiger partial charge in [0.15, 0.2) is 0 Å². The molecule has 4 heteroatoms. The van der Waals surface area contributed by atoms with Gasteiger partial charge in [0.25, 0.3) is 0 Å². The zero-order valence-electron chi connectivity index (χ0n) is 10.5. The maximum atomic E-state index is 11.4. The summed E-state index contributed by atoms with van der Waals surface area (Å²) in [6.45, 7) is 3.63. The second-order valence-corrected chi connectivity index (χ2v) is 4.12. The number of ether oxygens (including phenoxy) is 2. The largest absolute Gasteiger partial charge is 0.497 e. The molecule has 4 nitrogen and oxygen atoms in total. The van der Waals surface area contributed by atoms with Gasteiger partial charge in [-0.15, -0.1) is 0 Å². The van der Waals surface area contributed by atoms with Crippen LogP contribution in [0.1, 0.15) is 31.9 Å². The summed E-state index contributed by atoms with van der Waals surface area (Å²) in [7, 11) is 1.61. The van der Waals surface area contributed by atoms with E-state index in [1.54, 1.807) is 7.11 Å². The lowest BCUT2D eigenvalue weighted by Crippen LogP contribution is -2.19. The van der Waals surface area contributed by atoms with Gasteiger partial charge in [0.05, 0.1) is 19.6 Å². The standard InChI is InChI=1S/C13H19NO3/c1-9(2)17-13(15)8-12(14)10-4-6-11(16-3)7-5-10/h4-7,9,12H,8,14H2,1-3H3/t12-/m0/s1. The number of nitrogens with two attached hydrogens (primary N) is 1. The highest BCUT2D eigenvalue weighted by Gasteiger charge is 2.13. The first-order valence-corrected chi connectivity index (χ1v) is 5.62. The molecule has 0 fully saturated rings. The Hall–Kier alpha value is -1.55. The van der Waals surface area contributed by atoms with Crippen LogP contribution in [0.5, 0.6) is 5.75 Å². The number of benzene rings is 1. The lowest BCUT2D eigenvalue weighted by molar-refractivity contribution is -0.147. The number of methoxy groups -OCH3 is 1. The number of hydrogen-bond donors (Lipinski definition) is 1. The molecule has 1 rings (SSSR count). The molecule has 1 aromatic rings. The molecule has 0 bridgehead atoms. The van der Waals surface area contributed by atoms with Crippen molar-refractivity contribution in [2.45, 2.75) is 32.4 Å². The molecule has 94 valence electrons. The molecule has 0 radical (unpaired) electrons. The van der Waals surface area contributed by atoms with Gasteiger partial charge in [-0.3, -0.25) is 4.79 Å². The third-order valence-electron chi connectivity index (χ3n) is 2.30. The minimum Gasteiger partial charge on any atom is -0.497 e. The summed E-state index contributed by atoms with van der Waals surface area (Å²) in [5.41, 5.74) is 6.82. The molecule has 0 unspecified atom stereocenters. The van der Waals surface area contributed by atoms with Gasteiger partial charge in [-0.2, -0.15) is 0 Å². The maximum absolute atomic E-state index is 11.4. The van der Waals surface area contributed by atoms with Crippen molar-refractivity contribution in [3.8, 4) is 5.75 Å². The van der Waals surface area contributed by atoms with Gasteiger partial charge >= 0.3 is 5.97 Å². The zero-order valence-corrected chi connectivity index (χ0v) is 10.5. The van der Waals surface area contributed by atoms with Crippen LogP contribution in [0.4, 0.5) is 0 Å². The highest BCUT2D eigenvalue weighted by atomic mass is 16.5. The Balaban J connectivity index is 2.56. The van der Waals surface area contributed by atoms with Gasteiger partial charge in [0, 0.05) is 6.04 Å². The molecule has 0 saturated carbocycles. The minimum absolute atomic E-state index is 0.106. The predicted octanol–water partition coefficient (Wildman–Crippen LogP) is 2.04. The predicted molar refractivity (Wildman–Crippen MR) is 65.8 cm³/mol. The first kappa shape index (κ1) is 13.5. The molecule has 0 spiro atoms. The van der Waals surface area contributed by atoms with E-state index >= 15 is 0 Å². The average Bonchev–Trinajstić information content (AvgIpc) is 2.28. The van der Waals surface area contributed by atoms with Crippen LogP contribution in [0.25, 0.3) is 0 Å². The fourth-order valence-electron chi connectivity index (χ4n) is 1.46. The summed E-state index contributed by atoms with van der Waals surface area (Å²) >= 11 is 0. The van der Waals surface area contributed by atoms with E-state index in [1.165, 1.54) is 0 Å². The van der Waals surface area contributed by atoms with Crippen LogP contribution in [-0.2, 0) is 9.53 Å². The molecule has 1 atom stereocenters. The van der Waals surface area contributed by atoms with E-state index in [9.17, 15) is 4.79 Å². The Bertz CT molecular complexity index is 359. The van der Waals surface area contributed by atoms with Gasteiger partial charge in [0.1, 0.15) is 5.75 Å². The second kappa shape index (κ2) is 6.25. The molecule has 1 aromatic carbocycles. The fourth-order valence-corrected chi connectivity index (χ4v) is 1.46. The molecule has 0 amide bonds. The van der Waals surface area contributed by atoms with Crippen molar-refractivity contribution in [2.75, 3.05) is 7.11 Å². The molecule has 2 N–H and O–H groups in total. The van der Waals surface area contributed by atoms with Gasteiger partial charge < -0.3 is 15.2 Å². The molecular formula is C13H19NO3. The molecule has 0 aliphatic rings. The second-order valence-electron chi connectivity index (χ2n) is 4.12. The minimum atomic E-state index is -0.341. The lowest BCUT2D eigenvalue weighted by atomic mass is 10.0. The Morgan fingerprint density at radius 1 is 1.29 bits per heavy atom. The van der Waals surface area contributed by atoms with E-state index in [0.717, 1.165) is 11.3 Å². The first-order valence-electron chi connectivity index (χ1n) is 5.62. The van der Waals surface area contributed by atoms with E-state index in [4.69, 9.17) is 15.2 Å². The van der Waals surface area contributed by atoms with Crippen LogP contribution < -0.4 is 10.5 Å². The number of carbonyl (C=O) groups is 1. The van der Waals surface area contributed by atoms with Crippen molar-refractivity contribution in [1.82, 2.24) is 0 Å². The number of carbonyl (C=O) groups excluding carboxylic acids is 1. The SMILES string of the molecule is COc1ccc([C@@H](N)CC(=O)OC(C)C)cc1. The Morgan fingerprint density at radius 3 is 2.35 bits per heavy atom. The van der Waals surface area contributed by atoms with Crippen LogP contribution in [0.15, 0.2) is 24.3 Å². The lowest BCUT2D eigenvalue weighted by Gasteiger charge is -2.13. The van der Waals surface area contributed by atoms with Crippen LogP contribution in [0, 0.1) is 0 Å². The van der Waals surface area contributed by atoms with Crippen molar-refractivity contribution in [2.24, 2.45) is 5.73 Å². The normalized spacial score (nSPS) is 12.3. The molecule has 0 aliphatic carbocycles. The highest BCUT2D eigenvalue weighted by Crippen LogP contribution is 2.18. The summed E-state index contributed by atoms with van der Waals surface area (Å²) in [4.78, 5) is 11.4. The summed E-state index contributed by atoms with van der Waals surface area (Å²) < 4.78 is 10.1. The molecule has 0 saturated heterocycles. The summed E-state index contributed by atoms with van der Waals surface area (Å²) in [6, 6.07) is 7.01. The van der Waals surface area contributed by atoms with Gasteiger partial charge in [-0.25, -0.2) is 0 Å². The molecule has 0 aromatic heterocycles. The summed E-state index contributed by atoms with van der Waals surface area (Å²) in [5, 5.41) is 0. The van der Waals surface area contributed by atoms with Crippen molar-refractivity contribution in [3.05, 3.63) is 29.8 Å². The Kier molecular flexibility index (Phi) is 4.97. The number of hydrogen-bond acceptors (Lipinski definition) is 4. The van der Waals surface area contributed by atoms with E-state index in [2.05, 4.69) is 0 Å². The van der Waals surface area contributed by atoms with Crippen LogP contribution in [0.2, 0.25) is 0 Å². The number of rotatable bonds is 5. The topological polar surface area (TPSA) is 61.5 Å². The van der Waals surface area contributed by atoms with Crippen molar-refractivity contribution < 1.29 is 14.3 Å². The molecule has 17 heavy (non-hydrogen) atoms.